The molecular formula is C17H17ClOS. The van der Waals surface area contributed by atoms with E-state index in [0.29, 0.717) is 0 Å². The maximum Gasteiger partial charge on any atom is 0.165 e. The fourth-order valence-corrected chi connectivity index (χ4v) is 2.90. The van der Waals surface area contributed by atoms with Gasteiger partial charge in [0.2, 0.25) is 0 Å². The van der Waals surface area contributed by atoms with Gasteiger partial charge in [0.15, 0.2) is 5.78 Å². The second kappa shape index (κ2) is 6.96. The van der Waals surface area contributed by atoms with E-state index in [4.69, 9.17) is 11.6 Å². The standard InChI is InChI=1S/C17H17ClOS/c1-12(2)17(19)14-6-8-16(9-7-14)20-11-13-4-3-5-15(18)10-13/h3-10,12H,11H2,1-2H3. The lowest BCUT2D eigenvalue weighted by molar-refractivity contribution is 0.0939. The quantitative estimate of drug-likeness (QED) is 0.538. The van der Waals surface area contributed by atoms with Gasteiger partial charge in [-0.1, -0.05) is 49.7 Å². The first-order valence-corrected chi connectivity index (χ1v) is 7.94. The molecule has 0 saturated carbocycles. The summed E-state index contributed by atoms with van der Waals surface area (Å²) in [5.74, 6) is 1.11. The number of Topliss-reactive ketones (excluding diaryl/α,β-unsaturated/α-hetero) is 1. The minimum absolute atomic E-state index is 0.0416. The van der Waals surface area contributed by atoms with Crippen molar-refractivity contribution in [1.82, 2.24) is 0 Å². The summed E-state index contributed by atoms with van der Waals surface area (Å²) in [5.41, 5.74) is 1.98. The molecule has 0 saturated heterocycles. The summed E-state index contributed by atoms with van der Waals surface area (Å²) >= 11 is 7.71. The molecule has 0 N–H and O–H groups in total. The Hall–Kier alpha value is -1.25. The third-order valence-corrected chi connectivity index (χ3v) is 4.28. The Morgan fingerprint density at radius 3 is 2.45 bits per heavy atom. The number of carbonyl (C=O) groups excluding carboxylic acids is 1. The number of rotatable bonds is 5. The summed E-state index contributed by atoms with van der Waals surface area (Å²) in [6.07, 6.45) is 0. The summed E-state index contributed by atoms with van der Waals surface area (Å²) in [7, 11) is 0. The Morgan fingerprint density at radius 2 is 1.85 bits per heavy atom. The molecule has 2 aromatic rings. The van der Waals surface area contributed by atoms with Crippen molar-refractivity contribution in [1.29, 1.82) is 0 Å². The SMILES string of the molecule is CC(C)C(=O)c1ccc(SCc2cccc(Cl)c2)cc1. The van der Waals surface area contributed by atoms with Gasteiger partial charge in [-0.05, 0) is 29.8 Å². The number of halogens is 1. The number of benzene rings is 2. The maximum atomic E-state index is 11.9. The van der Waals surface area contributed by atoms with Crippen LogP contribution in [0.4, 0.5) is 0 Å². The van der Waals surface area contributed by atoms with Crippen LogP contribution in [0.15, 0.2) is 53.4 Å². The van der Waals surface area contributed by atoms with Crippen molar-refractivity contribution in [3.05, 3.63) is 64.7 Å². The molecule has 0 amide bonds. The summed E-state index contributed by atoms with van der Waals surface area (Å²) in [4.78, 5) is 13.0. The van der Waals surface area contributed by atoms with E-state index in [1.807, 2.05) is 56.3 Å². The van der Waals surface area contributed by atoms with E-state index >= 15 is 0 Å². The van der Waals surface area contributed by atoms with Crippen LogP contribution in [0.3, 0.4) is 0 Å². The van der Waals surface area contributed by atoms with Gasteiger partial charge in [0.25, 0.3) is 0 Å². The minimum atomic E-state index is 0.0416. The second-order valence-corrected chi connectivity index (χ2v) is 6.45. The summed E-state index contributed by atoms with van der Waals surface area (Å²) in [5, 5.41) is 0.765. The molecule has 0 fully saturated rings. The minimum Gasteiger partial charge on any atom is -0.294 e. The van der Waals surface area contributed by atoms with Gasteiger partial charge in [-0.2, -0.15) is 0 Å². The number of hydrogen-bond donors (Lipinski definition) is 0. The molecule has 0 aliphatic heterocycles. The van der Waals surface area contributed by atoms with Crippen LogP contribution in [0.5, 0.6) is 0 Å². The normalized spacial score (nSPS) is 10.8. The molecule has 0 bridgehead atoms. The third-order valence-electron chi connectivity index (χ3n) is 2.96. The smallest absolute Gasteiger partial charge is 0.165 e. The van der Waals surface area contributed by atoms with Crippen LogP contribution in [-0.2, 0) is 5.75 Å². The van der Waals surface area contributed by atoms with Crippen LogP contribution in [0.1, 0.15) is 29.8 Å². The highest BCUT2D eigenvalue weighted by molar-refractivity contribution is 7.98. The van der Waals surface area contributed by atoms with Crippen LogP contribution in [-0.4, -0.2) is 5.78 Å². The molecule has 2 aromatic carbocycles. The molecular weight excluding hydrogens is 288 g/mol. The Kier molecular flexibility index (Phi) is 5.27. The van der Waals surface area contributed by atoms with E-state index in [1.54, 1.807) is 11.8 Å². The van der Waals surface area contributed by atoms with Crippen molar-refractivity contribution >= 4 is 29.1 Å². The molecule has 2 rings (SSSR count). The molecule has 1 nitrogen and oxygen atoms in total. The monoisotopic (exact) mass is 304 g/mol. The van der Waals surface area contributed by atoms with E-state index in [-0.39, 0.29) is 11.7 Å². The molecule has 0 aliphatic rings. The van der Waals surface area contributed by atoms with Crippen LogP contribution < -0.4 is 0 Å². The highest BCUT2D eigenvalue weighted by Gasteiger charge is 2.09. The molecule has 0 aliphatic carbocycles. The van der Waals surface area contributed by atoms with Crippen molar-refractivity contribution in [2.75, 3.05) is 0 Å². The van der Waals surface area contributed by atoms with Crippen LogP contribution in [0.2, 0.25) is 5.02 Å². The second-order valence-electron chi connectivity index (χ2n) is 4.96. The van der Waals surface area contributed by atoms with Crippen molar-refractivity contribution in [3.8, 4) is 0 Å². The fourth-order valence-electron chi connectivity index (χ4n) is 1.84. The van der Waals surface area contributed by atoms with E-state index in [9.17, 15) is 4.79 Å². The predicted molar refractivity (Wildman–Crippen MR) is 86.6 cm³/mol. The lowest BCUT2D eigenvalue weighted by Gasteiger charge is -2.06. The van der Waals surface area contributed by atoms with E-state index in [1.165, 1.54) is 5.56 Å². The van der Waals surface area contributed by atoms with Crippen LogP contribution in [0.25, 0.3) is 0 Å². The highest BCUT2D eigenvalue weighted by atomic mass is 35.5. The molecule has 0 spiro atoms. The molecule has 0 unspecified atom stereocenters. The zero-order valence-electron chi connectivity index (χ0n) is 11.6. The Bertz CT molecular complexity index is 590. The first kappa shape index (κ1) is 15.1. The first-order chi connectivity index (χ1) is 9.56. The zero-order chi connectivity index (χ0) is 14.5. The predicted octanol–water partition coefficient (Wildman–Crippen LogP) is 5.47. The average Bonchev–Trinajstić information content (AvgIpc) is 2.45. The van der Waals surface area contributed by atoms with Gasteiger partial charge in [-0.15, -0.1) is 11.8 Å². The number of hydrogen-bond acceptors (Lipinski definition) is 2. The van der Waals surface area contributed by atoms with Gasteiger partial charge >= 0.3 is 0 Å². The lowest BCUT2D eigenvalue weighted by Crippen LogP contribution is -2.06. The maximum absolute atomic E-state index is 11.9. The van der Waals surface area contributed by atoms with Crippen molar-refractivity contribution in [2.24, 2.45) is 5.92 Å². The molecule has 0 aromatic heterocycles. The van der Waals surface area contributed by atoms with Gasteiger partial charge in [-0.3, -0.25) is 4.79 Å². The third kappa shape index (κ3) is 4.12. The van der Waals surface area contributed by atoms with Crippen LogP contribution >= 0.6 is 23.4 Å². The number of ketones is 1. The van der Waals surface area contributed by atoms with Crippen molar-refractivity contribution in [3.63, 3.8) is 0 Å². The fraction of sp³-hybridized carbons (Fsp3) is 0.235. The number of thioether (sulfide) groups is 1. The Labute approximate surface area is 129 Å². The Morgan fingerprint density at radius 1 is 1.15 bits per heavy atom. The van der Waals surface area contributed by atoms with E-state index < -0.39 is 0 Å². The molecule has 20 heavy (non-hydrogen) atoms. The van der Waals surface area contributed by atoms with Gasteiger partial charge in [0, 0.05) is 27.2 Å². The largest absolute Gasteiger partial charge is 0.294 e. The van der Waals surface area contributed by atoms with Gasteiger partial charge in [0.05, 0.1) is 0 Å². The van der Waals surface area contributed by atoms with Crippen molar-refractivity contribution < 1.29 is 4.79 Å². The highest BCUT2D eigenvalue weighted by Crippen LogP contribution is 2.24. The molecule has 3 heteroatoms. The molecule has 0 heterocycles. The average molecular weight is 305 g/mol. The molecule has 104 valence electrons. The van der Waals surface area contributed by atoms with Gasteiger partial charge in [-0.25, -0.2) is 0 Å². The summed E-state index contributed by atoms with van der Waals surface area (Å²) in [6, 6.07) is 15.7. The van der Waals surface area contributed by atoms with Crippen LogP contribution in [0, 0.1) is 5.92 Å². The molecule has 0 atom stereocenters. The molecule has 0 radical (unpaired) electrons. The van der Waals surface area contributed by atoms with Gasteiger partial charge < -0.3 is 0 Å². The first-order valence-electron chi connectivity index (χ1n) is 6.58. The van der Waals surface area contributed by atoms with Crippen molar-refractivity contribution in [2.45, 2.75) is 24.5 Å². The Balaban J connectivity index is 1.99. The van der Waals surface area contributed by atoms with E-state index in [2.05, 4.69) is 6.07 Å². The summed E-state index contributed by atoms with van der Waals surface area (Å²) in [6.45, 7) is 3.84. The number of carbonyl (C=O) groups is 1. The van der Waals surface area contributed by atoms with Gasteiger partial charge in [0.1, 0.15) is 0 Å². The lowest BCUT2D eigenvalue weighted by atomic mass is 10.0. The zero-order valence-corrected chi connectivity index (χ0v) is 13.2. The topological polar surface area (TPSA) is 17.1 Å². The van der Waals surface area contributed by atoms with E-state index in [0.717, 1.165) is 21.2 Å². The summed E-state index contributed by atoms with van der Waals surface area (Å²) < 4.78 is 0.